The number of halogens is 2. The van der Waals surface area contributed by atoms with E-state index in [1.807, 2.05) is 24.0 Å². The Hall–Kier alpha value is -0.610. The number of hydrogen-bond donors (Lipinski definition) is 0. The molecule has 0 radical (unpaired) electrons. The fourth-order valence-electron chi connectivity index (χ4n) is 1.34. The van der Waals surface area contributed by atoms with Crippen LogP contribution in [0, 0.1) is 6.92 Å². The molecular weight excluding hydrogens is 320 g/mol. The zero-order valence-electron chi connectivity index (χ0n) is 8.24. The van der Waals surface area contributed by atoms with Crippen LogP contribution in [0.3, 0.4) is 0 Å². The van der Waals surface area contributed by atoms with Crippen LogP contribution in [0.4, 0.5) is 0 Å². The molecule has 2 rings (SSSR count). The van der Waals surface area contributed by atoms with Gasteiger partial charge in [0.25, 0.3) is 0 Å². The first-order valence-corrected chi connectivity index (χ1v) is 6.48. The first-order chi connectivity index (χ1) is 7.20. The second-order valence-corrected chi connectivity index (χ2v) is 4.79. The summed E-state index contributed by atoms with van der Waals surface area (Å²) in [4.78, 5) is 0. The topological polar surface area (TPSA) is 17.8 Å². The number of hydrogen-bond acceptors (Lipinski definition) is 1. The van der Waals surface area contributed by atoms with Crippen molar-refractivity contribution in [3.63, 3.8) is 0 Å². The van der Waals surface area contributed by atoms with Crippen LogP contribution in [0.1, 0.15) is 11.1 Å². The Bertz CT molecular complexity index is 477. The fraction of sp³-hybridized carbons (Fsp3) is 0.182. The Balaban J connectivity index is 2.42. The molecule has 15 heavy (non-hydrogen) atoms. The number of nitrogens with zero attached hydrogens (tertiary/aromatic N) is 2. The first-order valence-electron chi connectivity index (χ1n) is 4.57. The second-order valence-electron chi connectivity index (χ2n) is 3.37. The van der Waals surface area contributed by atoms with Gasteiger partial charge in [-0.1, -0.05) is 37.9 Å². The predicted molar refractivity (Wildman–Crippen MR) is 68.6 cm³/mol. The Kier molecular flexibility index (Phi) is 3.26. The molecule has 0 aliphatic rings. The summed E-state index contributed by atoms with van der Waals surface area (Å²) >= 11 is 6.98. The van der Waals surface area contributed by atoms with E-state index in [4.69, 9.17) is 0 Å². The van der Waals surface area contributed by atoms with Gasteiger partial charge in [0.1, 0.15) is 0 Å². The Labute approximate surface area is 106 Å². The summed E-state index contributed by atoms with van der Waals surface area (Å²) in [7, 11) is 0. The number of aromatic nitrogens is 2. The van der Waals surface area contributed by atoms with Gasteiger partial charge in [-0.25, -0.2) is 4.68 Å². The third kappa shape index (κ3) is 2.32. The SMILES string of the molecule is Cc1cnn(-c2ccc(CBr)c(Br)c2)c1. The molecule has 0 atom stereocenters. The van der Waals surface area contributed by atoms with E-state index >= 15 is 0 Å². The fourth-order valence-corrected chi connectivity index (χ4v) is 2.71. The average molecular weight is 330 g/mol. The lowest BCUT2D eigenvalue weighted by atomic mass is 10.2. The van der Waals surface area contributed by atoms with Gasteiger partial charge in [-0.3, -0.25) is 0 Å². The van der Waals surface area contributed by atoms with Gasteiger partial charge in [-0.2, -0.15) is 5.10 Å². The molecule has 1 heterocycles. The quantitative estimate of drug-likeness (QED) is 0.765. The van der Waals surface area contributed by atoms with E-state index in [1.165, 1.54) is 5.56 Å². The highest BCUT2D eigenvalue weighted by atomic mass is 79.9. The highest BCUT2D eigenvalue weighted by Crippen LogP contribution is 2.22. The zero-order chi connectivity index (χ0) is 10.8. The number of alkyl halides is 1. The molecular formula is C11H10Br2N2. The Morgan fingerprint density at radius 2 is 2.20 bits per heavy atom. The van der Waals surface area contributed by atoms with Crippen LogP contribution in [0.2, 0.25) is 0 Å². The van der Waals surface area contributed by atoms with Crippen molar-refractivity contribution < 1.29 is 0 Å². The highest BCUT2D eigenvalue weighted by Gasteiger charge is 2.02. The van der Waals surface area contributed by atoms with E-state index in [0.29, 0.717) is 0 Å². The van der Waals surface area contributed by atoms with E-state index in [1.54, 1.807) is 0 Å². The van der Waals surface area contributed by atoms with E-state index in [0.717, 1.165) is 21.1 Å². The first kappa shape index (κ1) is 10.9. The molecule has 0 bridgehead atoms. The van der Waals surface area contributed by atoms with E-state index in [9.17, 15) is 0 Å². The summed E-state index contributed by atoms with van der Waals surface area (Å²) in [5.74, 6) is 0. The normalized spacial score (nSPS) is 10.6. The molecule has 0 unspecified atom stereocenters. The maximum Gasteiger partial charge on any atom is 0.0657 e. The molecule has 2 aromatic rings. The molecule has 0 aliphatic carbocycles. The number of rotatable bonds is 2. The minimum absolute atomic E-state index is 0.853. The van der Waals surface area contributed by atoms with Crippen LogP contribution in [0.5, 0.6) is 0 Å². The summed E-state index contributed by atoms with van der Waals surface area (Å²) in [5, 5.41) is 5.12. The van der Waals surface area contributed by atoms with Crippen molar-refractivity contribution in [3.05, 3.63) is 46.2 Å². The molecule has 0 saturated carbocycles. The van der Waals surface area contributed by atoms with Crippen molar-refractivity contribution in [2.45, 2.75) is 12.3 Å². The molecule has 78 valence electrons. The maximum absolute atomic E-state index is 4.27. The van der Waals surface area contributed by atoms with Crippen molar-refractivity contribution in [2.75, 3.05) is 0 Å². The smallest absolute Gasteiger partial charge is 0.0657 e. The van der Waals surface area contributed by atoms with Gasteiger partial charge in [0, 0.05) is 16.0 Å². The third-order valence-corrected chi connectivity index (χ3v) is 3.50. The monoisotopic (exact) mass is 328 g/mol. The van der Waals surface area contributed by atoms with Crippen LogP contribution in [-0.2, 0) is 5.33 Å². The molecule has 0 N–H and O–H groups in total. The number of benzene rings is 1. The minimum atomic E-state index is 0.853. The van der Waals surface area contributed by atoms with Gasteiger partial charge in [-0.05, 0) is 30.2 Å². The molecule has 0 saturated heterocycles. The van der Waals surface area contributed by atoms with E-state index < -0.39 is 0 Å². The van der Waals surface area contributed by atoms with Crippen LogP contribution in [-0.4, -0.2) is 9.78 Å². The van der Waals surface area contributed by atoms with Crippen molar-refractivity contribution in [1.82, 2.24) is 9.78 Å². The Morgan fingerprint density at radius 3 is 2.73 bits per heavy atom. The van der Waals surface area contributed by atoms with Crippen LogP contribution in [0.15, 0.2) is 35.1 Å². The summed E-state index contributed by atoms with van der Waals surface area (Å²) in [6.07, 6.45) is 3.86. The van der Waals surface area contributed by atoms with Gasteiger partial charge in [0.05, 0.1) is 11.9 Å². The van der Waals surface area contributed by atoms with E-state index in [-0.39, 0.29) is 0 Å². The van der Waals surface area contributed by atoms with Gasteiger partial charge < -0.3 is 0 Å². The van der Waals surface area contributed by atoms with Crippen LogP contribution in [0.25, 0.3) is 5.69 Å². The molecule has 0 spiro atoms. The minimum Gasteiger partial charge on any atom is -0.241 e. The van der Waals surface area contributed by atoms with Crippen molar-refractivity contribution in [3.8, 4) is 5.69 Å². The maximum atomic E-state index is 4.27. The van der Waals surface area contributed by atoms with Crippen LogP contribution >= 0.6 is 31.9 Å². The van der Waals surface area contributed by atoms with Gasteiger partial charge in [0.15, 0.2) is 0 Å². The second kappa shape index (κ2) is 4.49. The van der Waals surface area contributed by atoms with E-state index in [2.05, 4.69) is 55.2 Å². The van der Waals surface area contributed by atoms with Crippen molar-refractivity contribution in [1.29, 1.82) is 0 Å². The lowest BCUT2D eigenvalue weighted by Crippen LogP contribution is -1.94. The van der Waals surface area contributed by atoms with Gasteiger partial charge in [-0.15, -0.1) is 0 Å². The molecule has 1 aromatic carbocycles. The van der Waals surface area contributed by atoms with Gasteiger partial charge >= 0.3 is 0 Å². The largest absolute Gasteiger partial charge is 0.241 e. The molecule has 0 amide bonds. The molecule has 1 aromatic heterocycles. The van der Waals surface area contributed by atoms with Crippen molar-refractivity contribution >= 4 is 31.9 Å². The average Bonchev–Trinajstić information content (AvgIpc) is 2.65. The summed E-state index contributed by atoms with van der Waals surface area (Å²) in [5.41, 5.74) is 3.47. The lowest BCUT2D eigenvalue weighted by molar-refractivity contribution is 0.878. The summed E-state index contributed by atoms with van der Waals surface area (Å²) in [6, 6.07) is 6.22. The van der Waals surface area contributed by atoms with Crippen molar-refractivity contribution in [2.24, 2.45) is 0 Å². The standard InChI is InChI=1S/C11H10Br2N2/c1-8-6-14-15(7-8)10-3-2-9(5-12)11(13)4-10/h2-4,6-7H,5H2,1H3. The predicted octanol–water partition coefficient (Wildman–Crippen LogP) is 3.84. The van der Waals surface area contributed by atoms with Gasteiger partial charge in [0.2, 0.25) is 0 Å². The molecule has 2 nitrogen and oxygen atoms in total. The summed E-state index contributed by atoms with van der Waals surface area (Å²) < 4.78 is 2.97. The summed E-state index contributed by atoms with van der Waals surface area (Å²) in [6.45, 7) is 2.03. The molecule has 0 aliphatic heterocycles. The zero-order valence-corrected chi connectivity index (χ0v) is 11.4. The highest BCUT2D eigenvalue weighted by molar-refractivity contribution is 9.10. The van der Waals surface area contributed by atoms with Crippen LogP contribution < -0.4 is 0 Å². The third-order valence-electron chi connectivity index (χ3n) is 2.16. The molecule has 0 fully saturated rings. The Morgan fingerprint density at radius 1 is 1.40 bits per heavy atom. The number of aryl methyl sites for hydroxylation is 1. The molecule has 4 heteroatoms. The lowest BCUT2D eigenvalue weighted by Gasteiger charge is -2.05.